The van der Waals surface area contributed by atoms with Crippen molar-refractivity contribution in [1.29, 1.82) is 0 Å². The van der Waals surface area contributed by atoms with Crippen molar-refractivity contribution in [2.24, 2.45) is 11.7 Å². The SMILES string of the molecule is CC1CC=CC=C1CC(N)C(=O)O. The minimum Gasteiger partial charge on any atom is -0.480 e. The standard InChI is InChI=1S/C10H15NO2/c1-7-4-2-3-5-8(7)6-9(11)10(12)13/h2-3,5,7,9H,4,6,11H2,1H3,(H,12,13). The zero-order chi connectivity index (χ0) is 9.84. The van der Waals surface area contributed by atoms with Crippen molar-refractivity contribution in [3.8, 4) is 0 Å². The van der Waals surface area contributed by atoms with E-state index < -0.39 is 12.0 Å². The molecule has 0 heterocycles. The minimum absolute atomic E-state index is 0.426. The molecule has 2 unspecified atom stereocenters. The molecule has 0 aliphatic heterocycles. The van der Waals surface area contributed by atoms with Crippen molar-refractivity contribution in [2.45, 2.75) is 25.8 Å². The first kappa shape index (κ1) is 9.99. The van der Waals surface area contributed by atoms with E-state index in [1.807, 2.05) is 12.2 Å². The van der Waals surface area contributed by atoms with Gasteiger partial charge in [-0.3, -0.25) is 4.79 Å². The van der Waals surface area contributed by atoms with Crippen LogP contribution in [0.3, 0.4) is 0 Å². The predicted molar refractivity (Wildman–Crippen MR) is 51.2 cm³/mol. The summed E-state index contributed by atoms with van der Waals surface area (Å²) in [5.74, 6) is -0.502. The van der Waals surface area contributed by atoms with E-state index in [4.69, 9.17) is 10.8 Å². The molecule has 0 aromatic rings. The van der Waals surface area contributed by atoms with Gasteiger partial charge in [-0.15, -0.1) is 0 Å². The van der Waals surface area contributed by atoms with E-state index >= 15 is 0 Å². The average molecular weight is 181 g/mol. The zero-order valence-corrected chi connectivity index (χ0v) is 7.73. The molecule has 3 heteroatoms. The number of allylic oxidation sites excluding steroid dienone is 3. The summed E-state index contributed by atoms with van der Waals surface area (Å²) in [6.45, 7) is 2.09. The van der Waals surface area contributed by atoms with Gasteiger partial charge in [-0.2, -0.15) is 0 Å². The first-order chi connectivity index (χ1) is 6.11. The highest BCUT2D eigenvalue weighted by atomic mass is 16.4. The van der Waals surface area contributed by atoms with E-state index in [0.29, 0.717) is 12.3 Å². The highest BCUT2D eigenvalue weighted by Crippen LogP contribution is 2.23. The van der Waals surface area contributed by atoms with Crippen LogP contribution >= 0.6 is 0 Å². The molecule has 0 aromatic heterocycles. The van der Waals surface area contributed by atoms with Gasteiger partial charge in [-0.25, -0.2) is 0 Å². The summed E-state index contributed by atoms with van der Waals surface area (Å²) >= 11 is 0. The molecule has 3 nitrogen and oxygen atoms in total. The summed E-state index contributed by atoms with van der Waals surface area (Å²) in [6, 6.07) is -0.764. The molecule has 1 aliphatic carbocycles. The largest absolute Gasteiger partial charge is 0.480 e. The van der Waals surface area contributed by atoms with Crippen LogP contribution in [-0.4, -0.2) is 17.1 Å². The first-order valence-electron chi connectivity index (χ1n) is 4.45. The van der Waals surface area contributed by atoms with Gasteiger partial charge < -0.3 is 10.8 Å². The highest BCUT2D eigenvalue weighted by molar-refractivity contribution is 5.73. The summed E-state index contributed by atoms with van der Waals surface area (Å²) in [6.07, 6.45) is 7.46. The van der Waals surface area contributed by atoms with Crippen molar-refractivity contribution in [3.63, 3.8) is 0 Å². The fraction of sp³-hybridized carbons (Fsp3) is 0.500. The lowest BCUT2D eigenvalue weighted by atomic mass is 9.89. The molecule has 72 valence electrons. The van der Waals surface area contributed by atoms with E-state index in [1.165, 1.54) is 0 Å². The van der Waals surface area contributed by atoms with Crippen molar-refractivity contribution < 1.29 is 9.90 Å². The van der Waals surface area contributed by atoms with Gasteiger partial charge in [-0.05, 0) is 18.8 Å². The molecule has 0 saturated heterocycles. The molecule has 2 atom stereocenters. The Balaban J connectivity index is 2.57. The Morgan fingerprint density at radius 1 is 1.85 bits per heavy atom. The van der Waals surface area contributed by atoms with E-state index in [2.05, 4.69) is 13.0 Å². The van der Waals surface area contributed by atoms with Gasteiger partial charge >= 0.3 is 5.97 Å². The number of hydrogen-bond donors (Lipinski definition) is 2. The number of aliphatic carboxylic acids is 1. The second kappa shape index (κ2) is 4.23. The minimum atomic E-state index is -0.928. The molecule has 0 fully saturated rings. The number of carbonyl (C=O) groups is 1. The lowest BCUT2D eigenvalue weighted by Crippen LogP contribution is -2.31. The number of nitrogens with two attached hydrogens (primary N) is 1. The summed E-state index contributed by atoms with van der Waals surface area (Å²) < 4.78 is 0. The number of carboxylic acid groups (broad SMARTS) is 1. The van der Waals surface area contributed by atoms with E-state index in [1.54, 1.807) is 0 Å². The second-order valence-electron chi connectivity index (χ2n) is 3.46. The van der Waals surface area contributed by atoms with Gasteiger partial charge in [0.1, 0.15) is 6.04 Å². The molecule has 0 radical (unpaired) electrons. The third-order valence-corrected chi connectivity index (χ3v) is 2.34. The molecule has 0 saturated carbocycles. The lowest BCUT2D eigenvalue weighted by Gasteiger charge is -2.18. The van der Waals surface area contributed by atoms with Crippen LogP contribution in [0.15, 0.2) is 23.8 Å². The molecular weight excluding hydrogens is 166 g/mol. The molecule has 0 spiro atoms. The number of rotatable bonds is 3. The molecule has 1 rings (SSSR count). The van der Waals surface area contributed by atoms with E-state index in [-0.39, 0.29) is 0 Å². The fourth-order valence-electron chi connectivity index (χ4n) is 1.40. The van der Waals surface area contributed by atoms with Gasteiger partial charge in [0.2, 0.25) is 0 Å². The smallest absolute Gasteiger partial charge is 0.320 e. The molecule has 0 amide bonds. The van der Waals surface area contributed by atoms with Crippen LogP contribution < -0.4 is 5.73 Å². The van der Waals surface area contributed by atoms with Crippen LogP contribution in [0, 0.1) is 5.92 Å². The van der Waals surface area contributed by atoms with Gasteiger partial charge in [0.15, 0.2) is 0 Å². The molecule has 3 N–H and O–H groups in total. The Morgan fingerprint density at radius 3 is 3.08 bits per heavy atom. The molecule has 13 heavy (non-hydrogen) atoms. The van der Waals surface area contributed by atoms with E-state index in [0.717, 1.165) is 12.0 Å². The first-order valence-corrected chi connectivity index (χ1v) is 4.45. The summed E-state index contributed by atoms with van der Waals surface area (Å²) in [5.41, 5.74) is 6.58. The Bertz CT molecular complexity index is 256. The van der Waals surface area contributed by atoms with Crippen molar-refractivity contribution in [3.05, 3.63) is 23.8 Å². The Hall–Kier alpha value is -1.09. The van der Waals surface area contributed by atoms with Crippen molar-refractivity contribution in [2.75, 3.05) is 0 Å². The maximum Gasteiger partial charge on any atom is 0.320 e. The Morgan fingerprint density at radius 2 is 2.54 bits per heavy atom. The van der Waals surface area contributed by atoms with Crippen LogP contribution in [0.25, 0.3) is 0 Å². The van der Waals surface area contributed by atoms with Gasteiger partial charge in [-0.1, -0.05) is 30.7 Å². The maximum absolute atomic E-state index is 10.5. The fourth-order valence-corrected chi connectivity index (χ4v) is 1.40. The number of hydrogen-bond acceptors (Lipinski definition) is 2. The molecular formula is C10H15NO2. The molecule has 1 aliphatic rings. The van der Waals surface area contributed by atoms with Crippen LogP contribution in [0.2, 0.25) is 0 Å². The normalized spacial score (nSPS) is 23.8. The van der Waals surface area contributed by atoms with Crippen molar-refractivity contribution in [1.82, 2.24) is 0 Å². The van der Waals surface area contributed by atoms with Crippen LogP contribution in [0.5, 0.6) is 0 Å². The van der Waals surface area contributed by atoms with E-state index in [9.17, 15) is 4.79 Å². The second-order valence-corrected chi connectivity index (χ2v) is 3.46. The molecule has 0 aromatic carbocycles. The third-order valence-electron chi connectivity index (χ3n) is 2.34. The Kier molecular flexibility index (Phi) is 3.25. The molecule has 0 bridgehead atoms. The zero-order valence-electron chi connectivity index (χ0n) is 7.73. The topological polar surface area (TPSA) is 63.3 Å². The van der Waals surface area contributed by atoms with Gasteiger partial charge in [0, 0.05) is 0 Å². The Labute approximate surface area is 77.9 Å². The summed E-state index contributed by atoms with van der Waals surface area (Å²) in [4.78, 5) is 10.5. The summed E-state index contributed by atoms with van der Waals surface area (Å²) in [7, 11) is 0. The van der Waals surface area contributed by atoms with Crippen LogP contribution in [-0.2, 0) is 4.79 Å². The van der Waals surface area contributed by atoms with Gasteiger partial charge in [0.05, 0.1) is 0 Å². The maximum atomic E-state index is 10.5. The van der Waals surface area contributed by atoms with Crippen molar-refractivity contribution >= 4 is 5.97 Å². The quantitative estimate of drug-likeness (QED) is 0.690. The highest BCUT2D eigenvalue weighted by Gasteiger charge is 2.17. The summed E-state index contributed by atoms with van der Waals surface area (Å²) in [5, 5.41) is 8.63. The van der Waals surface area contributed by atoms with Gasteiger partial charge in [0.25, 0.3) is 0 Å². The third kappa shape index (κ3) is 2.70. The predicted octanol–water partition coefficient (Wildman–Crippen LogP) is 1.31. The lowest BCUT2D eigenvalue weighted by molar-refractivity contribution is -0.138. The number of carboxylic acids is 1. The van der Waals surface area contributed by atoms with Crippen LogP contribution in [0.4, 0.5) is 0 Å². The average Bonchev–Trinajstić information content (AvgIpc) is 2.08. The monoisotopic (exact) mass is 181 g/mol. The van der Waals surface area contributed by atoms with Crippen LogP contribution in [0.1, 0.15) is 19.8 Å².